The molecule has 1 aromatic carbocycles. The minimum atomic E-state index is -4.62. The Morgan fingerprint density at radius 3 is 2.33 bits per heavy atom. The van der Waals surface area contributed by atoms with E-state index in [-0.39, 0.29) is 11.6 Å². The lowest BCUT2D eigenvalue weighted by molar-refractivity contribution is -0.137. The second kappa shape index (κ2) is 3.76. The van der Waals surface area contributed by atoms with Crippen LogP contribution < -0.4 is 5.73 Å². The van der Waals surface area contributed by atoms with Gasteiger partial charge in [0.25, 0.3) is 0 Å². The molecule has 0 heterocycles. The van der Waals surface area contributed by atoms with Crippen molar-refractivity contribution in [2.45, 2.75) is 6.18 Å². The maximum atomic E-state index is 13.0. The Kier molecular flexibility index (Phi) is 2.83. The molecule has 1 rings (SSSR count). The van der Waals surface area contributed by atoms with E-state index in [2.05, 4.69) is 5.16 Å². The van der Waals surface area contributed by atoms with E-state index in [4.69, 9.17) is 10.9 Å². The van der Waals surface area contributed by atoms with Crippen LogP contribution in [0.15, 0.2) is 23.4 Å². The standard InChI is InChI=1S/C8H6F4N2O/c9-6-3-4(8(10,11)12)1-2-5(6)7(13)14-15/h1-3,15H,(H2,13,14). The minimum Gasteiger partial charge on any atom is -0.409 e. The van der Waals surface area contributed by atoms with E-state index >= 15 is 0 Å². The maximum Gasteiger partial charge on any atom is 0.416 e. The van der Waals surface area contributed by atoms with Crippen molar-refractivity contribution >= 4 is 5.84 Å². The smallest absolute Gasteiger partial charge is 0.409 e. The SMILES string of the molecule is N/C(=N/O)c1ccc(C(F)(F)F)cc1F. The number of oxime groups is 1. The predicted octanol–water partition coefficient (Wildman–Crippen LogP) is 1.94. The fourth-order valence-electron chi connectivity index (χ4n) is 0.953. The van der Waals surface area contributed by atoms with Gasteiger partial charge in [0, 0.05) is 0 Å². The summed E-state index contributed by atoms with van der Waals surface area (Å²) in [5, 5.41) is 10.7. The number of amidine groups is 1. The van der Waals surface area contributed by atoms with Crippen molar-refractivity contribution in [2.24, 2.45) is 10.9 Å². The molecule has 15 heavy (non-hydrogen) atoms. The molecule has 0 bridgehead atoms. The molecule has 0 atom stereocenters. The summed E-state index contributed by atoms with van der Waals surface area (Å²) < 4.78 is 49.4. The summed E-state index contributed by atoms with van der Waals surface area (Å²) in [4.78, 5) is 0. The van der Waals surface area contributed by atoms with E-state index in [0.29, 0.717) is 6.07 Å². The average molecular weight is 222 g/mol. The molecule has 0 aliphatic heterocycles. The molecule has 0 unspecified atom stereocenters. The Balaban J connectivity index is 3.21. The van der Waals surface area contributed by atoms with Crippen LogP contribution in [0.3, 0.4) is 0 Å². The first-order chi connectivity index (χ1) is 6.86. The molecular weight excluding hydrogens is 216 g/mol. The Morgan fingerprint density at radius 2 is 1.93 bits per heavy atom. The molecule has 0 aromatic heterocycles. The van der Waals surface area contributed by atoms with Crippen molar-refractivity contribution in [2.75, 3.05) is 0 Å². The molecule has 0 aliphatic rings. The number of halogens is 4. The fraction of sp³-hybridized carbons (Fsp3) is 0.125. The monoisotopic (exact) mass is 222 g/mol. The third kappa shape index (κ3) is 2.36. The average Bonchev–Trinajstić information content (AvgIpc) is 2.15. The van der Waals surface area contributed by atoms with E-state index < -0.39 is 23.4 Å². The van der Waals surface area contributed by atoms with Gasteiger partial charge in [0.1, 0.15) is 5.82 Å². The summed E-state index contributed by atoms with van der Waals surface area (Å²) in [6.45, 7) is 0. The van der Waals surface area contributed by atoms with Crippen LogP contribution in [0, 0.1) is 5.82 Å². The first-order valence-electron chi connectivity index (χ1n) is 3.71. The zero-order valence-corrected chi connectivity index (χ0v) is 7.22. The molecule has 82 valence electrons. The molecular formula is C8H6F4N2O. The van der Waals surface area contributed by atoms with Crippen molar-refractivity contribution in [1.29, 1.82) is 0 Å². The molecule has 0 saturated heterocycles. The van der Waals surface area contributed by atoms with Crippen molar-refractivity contribution in [3.8, 4) is 0 Å². The Hall–Kier alpha value is -1.79. The van der Waals surface area contributed by atoms with Gasteiger partial charge >= 0.3 is 6.18 Å². The predicted molar refractivity (Wildman–Crippen MR) is 43.9 cm³/mol. The molecule has 3 N–H and O–H groups in total. The van der Waals surface area contributed by atoms with E-state index in [9.17, 15) is 17.6 Å². The minimum absolute atomic E-state index is 0.285. The van der Waals surface area contributed by atoms with Gasteiger partial charge in [0.2, 0.25) is 0 Å². The van der Waals surface area contributed by atoms with Gasteiger partial charge in [-0.2, -0.15) is 13.2 Å². The summed E-state index contributed by atoms with van der Waals surface area (Å²) in [6.07, 6.45) is -4.62. The van der Waals surface area contributed by atoms with E-state index in [0.717, 1.165) is 6.07 Å². The summed E-state index contributed by atoms with van der Waals surface area (Å²) in [6, 6.07) is 1.73. The van der Waals surface area contributed by atoms with Crippen LogP contribution in [0.2, 0.25) is 0 Å². The van der Waals surface area contributed by atoms with Gasteiger partial charge in [-0.05, 0) is 18.2 Å². The van der Waals surface area contributed by atoms with E-state index in [1.807, 2.05) is 0 Å². The highest BCUT2D eigenvalue weighted by Crippen LogP contribution is 2.30. The molecule has 0 spiro atoms. The van der Waals surface area contributed by atoms with Gasteiger partial charge in [-0.3, -0.25) is 0 Å². The number of rotatable bonds is 1. The lowest BCUT2D eigenvalue weighted by Crippen LogP contribution is -2.16. The summed E-state index contributed by atoms with van der Waals surface area (Å²) in [7, 11) is 0. The fourth-order valence-corrected chi connectivity index (χ4v) is 0.953. The van der Waals surface area contributed by atoms with Crippen molar-refractivity contribution < 1.29 is 22.8 Å². The summed E-state index contributed by atoms with van der Waals surface area (Å²) in [5.41, 5.74) is 3.52. The molecule has 7 heteroatoms. The zero-order chi connectivity index (χ0) is 11.6. The van der Waals surface area contributed by atoms with Gasteiger partial charge in [0.05, 0.1) is 11.1 Å². The lowest BCUT2D eigenvalue weighted by atomic mass is 10.1. The zero-order valence-electron chi connectivity index (χ0n) is 7.22. The Bertz CT molecular complexity index is 400. The molecule has 1 aromatic rings. The van der Waals surface area contributed by atoms with E-state index in [1.165, 1.54) is 0 Å². The van der Waals surface area contributed by atoms with Gasteiger partial charge in [-0.1, -0.05) is 5.16 Å². The number of alkyl halides is 3. The largest absolute Gasteiger partial charge is 0.416 e. The number of nitrogens with zero attached hydrogens (tertiary/aromatic N) is 1. The number of benzene rings is 1. The topological polar surface area (TPSA) is 58.6 Å². The van der Waals surface area contributed by atoms with Gasteiger partial charge in [0.15, 0.2) is 5.84 Å². The first-order valence-corrected chi connectivity index (χ1v) is 3.71. The first kappa shape index (κ1) is 11.3. The van der Waals surface area contributed by atoms with Gasteiger partial charge in [-0.25, -0.2) is 4.39 Å². The Labute approximate surface area is 81.8 Å². The van der Waals surface area contributed by atoms with Crippen molar-refractivity contribution in [1.82, 2.24) is 0 Å². The molecule has 3 nitrogen and oxygen atoms in total. The normalized spacial score (nSPS) is 12.9. The molecule has 0 radical (unpaired) electrons. The summed E-state index contributed by atoms with van der Waals surface area (Å²) >= 11 is 0. The van der Waals surface area contributed by atoms with Crippen LogP contribution in [0.1, 0.15) is 11.1 Å². The third-order valence-corrected chi connectivity index (χ3v) is 1.68. The number of nitrogens with two attached hydrogens (primary N) is 1. The van der Waals surface area contributed by atoms with Crippen LogP contribution in [-0.2, 0) is 6.18 Å². The van der Waals surface area contributed by atoms with Crippen molar-refractivity contribution in [3.63, 3.8) is 0 Å². The van der Waals surface area contributed by atoms with Crippen LogP contribution in [0.5, 0.6) is 0 Å². The lowest BCUT2D eigenvalue weighted by Gasteiger charge is -2.08. The van der Waals surface area contributed by atoms with Crippen LogP contribution in [0.4, 0.5) is 17.6 Å². The van der Waals surface area contributed by atoms with Gasteiger partial charge in [-0.15, -0.1) is 0 Å². The second-order valence-electron chi connectivity index (χ2n) is 2.68. The highest BCUT2D eigenvalue weighted by atomic mass is 19.4. The Morgan fingerprint density at radius 1 is 1.33 bits per heavy atom. The highest BCUT2D eigenvalue weighted by Gasteiger charge is 2.31. The van der Waals surface area contributed by atoms with Crippen molar-refractivity contribution in [3.05, 3.63) is 35.1 Å². The molecule has 0 aliphatic carbocycles. The number of hydrogen-bond acceptors (Lipinski definition) is 2. The van der Waals surface area contributed by atoms with E-state index in [1.54, 1.807) is 0 Å². The maximum absolute atomic E-state index is 13.0. The highest BCUT2D eigenvalue weighted by molar-refractivity contribution is 5.97. The van der Waals surface area contributed by atoms with Crippen LogP contribution >= 0.6 is 0 Å². The van der Waals surface area contributed by atoms with Gasteiger partial charge < -0.3 is 10.9 Å². The molecule has 0 fully saturated rings. The quantitative estimate of drug-likeness (QED) is 0.251. The third-order valence-electron chi connectivity index (χ3n) is 1.68. The van der Waals surface area contributed by atoms with Crippen LogP contribution in [0.25, 0.3) is 0 Å². The summed E-state index contributed by atoms with van der Waals surface area (Å²) in [5.74, 6) is -1.78. The van der Waals surface area contributed by atoms with Crippen LogP contribution in [-0.4, -0.2) is 11.0 Å². The second-order valence-corrected chi connectivity index (χ2v) is 2.68. The molecule has 0 amide bonds. The molecule has 0 saturated carbocycles. The number of hydrogen-bond donors (Lipinski definition) is 2.